The predicted octanol–water partition coefficient (Wildman–Crippen LogP) is 4.09. The number of amidine groups is 1. The number of hydrogen-bond donors (Lipinski definition) is 2. The molecule has 1 atom stereocenters. The van der Waals surface area contributed by atoms with Gasteiger partial charge in [0.05, 0.1) is 5.56 Å². The lowest BCUT2D eigenvalue weighted by molar-refractivity contribution is -0.138. The van der Waals surface area contributed by atoms with Crippen molar-refractivity contribution in [2.45, 2.75) is 25.2 Å². The zero-order valence-electron chi connectivity index (χ0n) is 13.2. The first kappa shape index (κ1) is 16.4. The second-order valence-electron chi connectivity index (χ2n) is 5.63. The van der Waals surface area contributed by atoms with Crippen molar-refractivity contribution in [2.24, 2.45) is 4.99 Å². The van der Waals surface area contributed by atoms with Crippen LogP contribution in [0.1, 0.15) is 30.1 Å². The molecular weight excluding hydrogens is 315 g/mol. The molecule has 2 aliphatic rings. The maximum absolute atomic E-state index is 13.3. The Hall–Kier alpha value is -2.50. The van der Waals surface area contributed by atoms with Crippen LogP contribution in [0.25, 0.3) is 0 Å². The van der Waals surface area contributed by atoms with Gasteiger partial charge in [-0.3, -0.25) is 4.99 Å². The number of nitrogens with one attached hydrogen (secondary N) is 2. The molecule has 1 aromatic carbocycles. The summed E-state index contributed by atoms with van der Waals surface area (Å²) in [5, 5.41) is 6.20. The summed E-state index contributed by atoms with van der Waals surface area (Å²) in [6.07, 6.45) is 4.51. The Labute approximate surface area is 138 Å². The first-order valence-electron chi connectivity index (χ1n) is 7.73. The van der Waals surface area contributed by atoms with Gasteiger partial charge in [-0.2, -0.15) is 13.2 Å². The Bertz CT molecular complexity index is 742. The zero-order valence-corrected chi connectivity index (χ0v) is 13.2. The Morgan fingerprint density at radius 1 is 1.17 bits per heavy atom. The van der Waals surface area contributed by atoms with E-state index in [2.05, 4.69) is 21.7 Å². The van der Waals surface area contributed by atoms with E-state index in [1.807, 2.05) is 18.2 Å². The van der Waals surface area contributed by atoms with Crippen LogP contribution < -0.4 is 10.6 Å². The highest BCUT2D eigenvalue weighted by atomic mass is 19.4. The smallest absolute Gasteiger partial charge is 0.361 e. The van der Waals surface area contributed by atoms with Crippen molar-refractivity contribution in [3.05, 3.63) is 71.0 Å². The van der Waals surface area contributed by atoms with E-state index in [0.29, 0.717) is 5.84 Å². The summed E-state index contributed by atoms with van der Waals surface area (Å²) in [5.74, 6) is 0.557. The lowest BCUT2D eigenvalue weighted by Gasteiger charge is -2.31. The van der Waals surface area contributed by atoms with E-state index in [9.17, 15) is 13.2 Å². The molecule has 1 aliphatic heterocycles. The standard InChI is InChI=1S/C18H18F3N3/c1-22-16-11-15(12-7-3-2-4-8-12)23-17(24-16)13-9-5-6-10-14(13)18(19,20)21/h2-3,5-7,9-11,17,23H,4,8H2,1H3,(H,22,24). The highest BCUT2D eigenvalue weighted by molar-refractivity contribution is 5.95. The third-order valence-corrected chi connectivity index (χ3v) is 4.05. The van der Waals surface area contributed by atoms with Crippen LogP contribution >= 0.6 is 0 Å². The fraction of sp³-hybridized carbons (Fsp3) is 0.278. The maximum Gasteiger partial charge on any atom is 0.416 e. The van der Waals surface area contributed by atoms with Crippen LogP contribution in [0.5, 0.6) is 0 Å². The van der Waals surface area contributed by atoms with Gasteiger partial charge in [-0.15, -0.1) is 0 Å². The van der Waals surface area contributed by atoms with E-state index in [1.165, 1.54) is 12.1 Å². The van der Waals surface area contributed by atoms with Gasteiger partial charge in [0.1, 0.15) is 12.0 Å². The van der Waals surface area contributed by atoms with Crippen molar-refractivity contribution in [1.82, 2.24) is 10.6 Å². The molecule has 0 bridgehead atoms. The Morgan fingerprint density at radius 2 is 1.96 bits per heavy atom. The van der Waals surface area contributed by atoms with Crippen molar-refractivity contribution >= 4 is 5.84 Å². The molecule has 1 aromatic rings. The summed E-state index contributed by atoms with van der Waals surface area (Å²) in [6, 6.07) is 5.59. The fourth-order valence-electron chi connectivity index (χ4n) is 2.86. The third kappa shape index (κ3) is 3.37. The number of halogens is 3. The molecule has 0 spiro atoms. The maximum atomic E-state index is 13.3. The van der Waals surface area contributed by atoms with Gasteiger partial charge >= 0.3 is 6.18 Å². The lowest BCUT2D eigenvalue weighted by Crippen LogP contribution is -2.43. The molecule has 0 aromatic heterocycles. The van der Waals surface area contributed by atoms with Gasteiger partial charge in [-0.1, -0.05) is 36.4 Å². The van der Waals surface area contributed by atoms with Gasteiger partial charge < -0.3 is 10.6 Å². The number of benzene rings is 1. The third-order valence-electron chi connectivity index (χ3n) is 4.05. The van der Waals surface area contributed by atoms with Gasteiger partial charge in [0, 0.05) is 24.4 Å². The second kappa shape index (κ2) is 6.55. The molecule has 0 amide bonds. The summed E-state index contributed by atoms with van der Waals surface area (Å²) < 4.78 is 39.9. The topological polar surface area (TPSA) is 36.4 Å². The largest absolute Gasteiger partial charge is 0.416 e. The van der Waals surface area contributed by atoms with Crippen LogP contribution in [0.2, 0.25) is 0 Å². The van der Waals surface area contributed by atoms with E-state index in [0.717, 1.165) is 30.2 Å². The summed E-state index contributed by atoms with van der Waals surface area (Å²) in [6.45, 7) is 0. The van der Waals surface area contributed by atoms with E-state index in [-0.39, 0.29) is 5.56 Å². The Balaban J connectivity index is 1.98. The average molecular weight is 333 g/mol. The first-order valence-corrected chi connectivity index (χ1v) is 7.73. The first-order chi connectivity index (χ1) is 11.5. The molecule has 1 aliphatic carbocycles. The van der Waals surface area contributed by atoms with Crippen molar-refractivity contribution in [3.63, 3.8) is 0 Å². The molecule has 24 heavy (non-hydrogen) atoms. The minimum atomic E-state index is -4.41. The molecule has 0 saturated heterocycles. The van der Waals surface area contributed by atoms with Gasteiger partial charge in [0.2, 0.25) is 0 Å². The monoisotopic (exact) mass is 333 g/mol. The lowest BCUT2D eigenvalue weighted by atomic mass is 9.98. The summed E-state index contributed by atoms with van der Waals surface area (Å²) in [4.78, 5) is 4.12. The number of nitrogens with zero attached hydrogens (tertiary/aromatic N) is 1. The van der Waals surface area contributed by atoms with Crippen LogP contribution in [0.3, 0.4) is 0 Å². The molecule has 2 N–H and O–H groups in total. The van der Waals surface area contributed by atoms with Crippen molar-refractivity contribution in [3.8, 4) is 0 Å². The highest BCUT2D eigenvalue weighted by Gasteiger charge is 2.36. The summed E-state index contributed by atoms with van der Waals surface area (Å²) in [5.41, 5.74) is 1.38. The quantitative estimate of drug-likeness (QED) is 0.855. The molecule has 1 unspecified atom stereocenters. The normalized spacial score (nSPS) is 22.5. The second-order valence-corrected chi connectivity index (χ2v) is 5.63. The van der Waals surface area contributed by atoms with Crippen molar-refractivity contribution in [1.29, 1.82) is 0 Å². The number of rotatable bonds is 2. The predicted molar refractivity (Wildman–Crippen MR) is 88.4 cm³/mol. The SMILES string of the molecule is CN=C1C=C(C2=CC=CCC2)NC(c2ccccc2C(F)(F)F)N1. The van der Waals surface area contributed by atoms with Crippen LogP contribution in [-0.2, 0) is 6.18 Å². The number of hydrogen-bond acceptors (Lipinski definition) is 2. The molecule has 6 heteroatoms. The van der Waals surface area contributed by atoms with E-state index in [4.69, 9.17) is 0 Å². The van der Waals surface area contributed by atoms with Gasteiger partial charge in [0.15, 0.2) is 0 Å². The number of aliphatic imine (C=N–C) groups is 1. The molecule has 1 heterocycles. The number of alkyl halides is 3. The van der Waals surface area contributed by atoms with Crippen LogP contribution in [0.15, 0.2) is 64.8 Å². The van der Waals surface area contributed by atoms with Crippen LogP contribution in [-0.4, -0.2) is 12.9 Å². The van der Waals surface area contributed by atoms with E-state index < -0.39 is 17.9 Å². The average Bonchev–Trinajstić information content (AvgIpc) is 2.61. The summed E-state index contributed by atoms with van der Waals surface area (Å²) >= 11 is 0. The fourth-order valence-corrected chi connectivity index (χ4v) is 2.86. The molecule has 0 fully saturated rings. The van der Waals surface area contributed by atoms with Gasteiger partial charge in [0.25, 0.3) is 0 Å². The van der Waals surface area contributed by atoms with Crippen molar-refractivity contribution in [2.75, 3.05) is 7.05 Å². The van der Waals surface area contributed by atoms with Gasteiger partial charge in [-0.25, -0.2) is 0 Å². The minimum absolute atomic E-state index is 0.156. The Morgan fingerprint density at radius 3 is 2.62 bits per heavy atom. The molecule has 0 saturated carbocycles. The minimum Gasteiger partial charge on any atom is -0.361 e. The summed E-state index contributed by atoms with van der Waals surface area (Å²) in [7, 11) is 1.61. The van der Waals surface area contributed by atoms with Crippen LogP contribution in [0.4, 0.5) is 13.2 Å². The molecule has 3 nitrogen and oxygen atoms in total. The van der Waals surface area contributed by atoms with Crippen LogP contribution in [0, 0.1) is 0 Å². The van der Waals surface area contributed by atoms with E-state index in [1.54, 1.807) is 13.1 Å². The molecular formula is C18H18F3N3. The zero-order chi connectivity index (χ0) is 17.2. The van der Waals surface area contributed by atoms with E-state index >= 15 is 0 Å². The number of allylic oxidation sites excluding steroid dienone is 4. The van der Waals surface area contributed by atoms with Gasteiger partial charge in [-0.05, 0) is 24.5 Å². The Kier molecular flexibility index (Phi) is 4.46. The molecule has 3 rings (SSSR count). The highest BCUT2D eigenvalue weighted by Crippen LogP contribution is 2.35. The molecule has 126 valence electrons. The van der Waals surface area contributed by atoms with Crippen molar-refractivity contribution < 1.29 is 13.2 Å². The molecule has 0 radical (unpaired) electrons.